The Morgan fingerprint density at radius 3 is 3.04 bits per heavy atom. The highest BCUT2D eigenvalue weighted by Crippen LogP contribution is 2.64. The summed E-state index contributed by atoms with van der Waals surface area (Å²) in [4.78, 5) is 15.3. The number of hydrogen-bond donors (Lipinski definition) is 1. The monoisotopic (exact) mass is 336 g/mol. The first kappa shape index (κ1) is 15.2. The van der Waals surface area contributed by atoms with E-state index >= 15 is 0 Å². The van der Waals surface area contributed by atoms with E-state index in [-0.39, 0.29) is 16.8 Å². The van der Waals surface area contributed by atoms with E-state index in [2.05, 4.69) is 53.6 Å². The maximum atomic E-state index is 12.7. The van der Waals surface area contributed by atoms with Crippen molar-refractivity contribution in [2.24, 2.45) is 5.41 Å². The number of nitrogens with one attached hydrogen (secondary N) is 1. The van der Waals surface area contributed by atoms with E-state index in [0.717, 1.165) is 49.3 Å². The van der Waals surface area contributed by atoms with Crippen molar-refractivity contribution in [2.45, 2.75) is 37.6 Å². The quantitative estimate of drug-likeness (QED) is 0.665. The van der Waals surface area contributed by atoms with Crippen molar-refractivity contribution in [1.82, 2.24) is 4.90 Å². The van der Waals surface area contributed by atoms with Crippen LogP contribution in [-0.4, -0.2) is 37.1 Å². The fraction of sp³-hybridized carbons (Fsp3) is 0.476. The van der Waals surface area contributed by atoms with Gasteiger partial charge in [0.2, 0.25) is 0 Å². The van der Waals surface area contributed by atoms with Crippen molar-refractivity contribution in [1.29, 1.82) is 0 Å². The molecule has 130 valence electrons. The Labute approximate surface area is 148 Å². The number of hydrogen-bond acceptors (Lipinski definition) is 4. The van der Waals surface area contributed by atoms with Crippen LogP contribution in [0, 0.1) is 5.41 Å². The minimum Gasteiger partial charge on any atom is -0.466 e. The maximum absolute atomic E-state index is 12.7. The van der Waals surface area contributed by atoms with Crippen LogP contribution in [0.1, 0.15) is 31.7 Å². The second-order valence-electron chi connectivity index (χ2n) is 7.80. The molecule has 0 saturated carbocycles. The number of fused-ring (bicyclic) bond motifs is 1. The third-order valence-electron chi connectivity index (χ3n) is 6.97. The van der Waals surface area contributed by atoms with Gasteiger partial charge < -0.3 is 10.1 Å². The third kappa shape index (κ3) is 1.68. The summed E-state index contributed by atoms with van der Waals surface area (Å²) in [7, 11) is 1.49. The van der Waals surface area contributed by atoms with Crippen molar-refractivity contribution in [3.05, 3.63) is 53.3 Å². The number of carbonyl (C=O) groups is 1. The number of carbonyl (C=O) groups excluding carboxylic acids is 1. The van der Waals surface area contributed by atoms with Crippen LogP contribution in [0.5, 0.6) is 0 Å². The van der Waals surface area contributed by atoms with Crippen LogP contribution in [0.3, 0.4) is 0 Å². The molecule has 0 amide bonds. The molecule has 1 aromatic rings. The van der Waals surface area contributed by atoms with Gasteiger partial charge in [-0.25, -0.2) is 4.79 Å². The molecule has 3 atom stereocenters. The van der Waals surface area contributed by atoms with Crippen molar-refractivity contribution in [3.63, 3.8) is 0 Å². The first-order valence-electron chi connectivity index (χ1n) is 9.26. The molecule has 5 rings (SSSR count). The lowest BCUT2D eigenvalue weighted by molar-refractivity contribution is -0.137. The molecule has 0 bridgehead atoms. The highest BCUT2D eigenvalue weighted by Gasteiger charge is 2.65. The molecule has 1 fully saturated rings. The zero-order valence-electron chi connectivity index (χ0n) is 14.8. The van der Waals surface area contributed by atoms with Gasteiger partial charge in [-0.3, -0.25) is 4.90 Å². The first-order chi connectivity index (χ1) is 12.2. The summed E-state index contributed by atoms with van der Waals surface area (Å²) in [6.07, 6.45) is 7.53. The molecule has 1 unspecified atom stereocenters. The molecule has 4 nitrogen and oxygen atoms in total. The summed E-state index contributed by atoms with van der Waals surface area (Å²) < 4.78 is 5.19. The summed E-state index contributed by atoms with van der Waals surface area (Å²) >= 11 is 0. The first-order valence-corrected chi connectivity index (χ1v) is 9.26. The van der Waals surface area contributed by atoms with Crippen LogP contribution in [0.15, 0.2) is 47.7 Å². The molecule has 25 heavy (non-hydrogen) atoms. The average Bonchev–Trinajstić information content (AvgIpc) is 3.21. The topological polar surface area (TPSA) is 41.6 Å². The Morgan fingerprint density at radius 1 is 1.40 bits per heavy atom. The van der Waals surface area contributed by atoms with E-state index in [1.54, 1.807) is 0 Å². The molecule has 4 heteroatoms. The molecule has 1 saturated heterocycles. The Morgan fingerprint density at radius 2 is 2.24 bits per heavy atom. The minimum absolute atomic E-state index is 0.000898. The number of nitrogens with zero attached hydrogens (tertiary/aromatic N) is 1. The van der Waals surface area contributed by atoms with Gasteiger partial charge in [0.1, 0.15) is 0 Å². The van der Waals surface area contributed by atoms with Crippen molar-refractivity contribution < 1.29 is 9.53 Å². The van der Waals surface area contributed by atoms with Gasteiger partial charge >= 0.3 is 5.97 Å². The number of para-hydroxylation sites is 1. The Kier molecular flexibility index (Phi) is 3.03. The van der Waals surface area contributed by atoms with Crippen LogP contribution in [-0.2, 0) is 14.9 Å². The molecule has 1 aliphatic carbocycles. The van der Waals surface area contributed by atoms with Crippen LogP contribution in [0.2, 0.25) is 0 Å². The number of benzene rings is 1. The van der Waals surface area contributed by atoms with E-state index in [9.17, 15) is 4.79 Å². The molecule has 3 aliphatic heterocycles. The number of esters is 1. The lowest BCUT2D eigenvalue weighted by Gasteiger charge is -2.53. The molecule has 3 heterocycles. The number of rotatable bonds is 2. The number of anilines is 1. The largest absolute Gasteiger partial charge is 0.466 e. The zero-order valence-corrected chi connectivity index (χ0v) is 14.8. The van der Waals surface area contributed by atoms with Crippen LogP contribution < -0.4 is 5.32 Å². The zero-order chi connectivity index (χ0) is 17.2. The summed E-state index contributed by atoms with van der Waals surface area (Å²) in [5.41, 5.74) is 4.34. The Hall–Kier alpha value is -2.07. The van der Waals surface area contributed by atoms with E-state index in [1.165, 1.54) is 12.7 Å². The predicted octanol–water partition coefficient (Wildman–Crippen LogP) is 3.22. The molecular weight excluding hydrogens is 312 g/mol. The summed E-state index contributed by atoms with van der Waals surface area (Å²) in [5.74, 6) is -0.182. The normalized spacial score (nSPS) is 35.0. The van der Waals surface area contributed by atoms with Crippen molar-refractivity contribution >= 4 is 11.7 Å². The fourth-order valence-corrected chi connectivity index (χ4v) is 6.02. The van der Waals surface area contributed by atoms with E-state index in [4.69, 9.17) is 4.74 Å². The second-order valence-corrected chi connectivity index (χ2v) is 7.80. The highest BCUT2D eigenvalue weighted by atomic mass is 16.5. The molecule has 0 radical (unpaired) electrons. The average molecular weight is 336 g/mol. The van der Waals surface area contributed by atoms with Gasteiger partial charge in [-0.1, -0.05) is 37.3 Å². The summed E-state index contributed by atoms with van der Waals surface area (Å²) in [6, 6.07) is 8.99. The van der Waals surface area contributed by atoms with E-state index in [1.807, 2.05) is 0 Å². The van der Waals surface area contributed by atoms with Gasteiger partial charge in [-0.15, -0.1) is 0 Å². The van der Waals surface area contributed by atoms with Crippen LogP contribution >= 0.6 is 0 Å². The van der Waals surface area contributed by atoms with E-state index in [0.29, 0.717) is 6.04 Å². The standard InChI is InChI=1S/C21H24N2O2/c1-3-20-9-6-11-23-12-10-21(19(20)23)15-7-4-5-8-16(15)22-17(21)14(13-20)18(24)25-2/h4-9,19,22H,3,10-13H2,1-2H3/t19-,20+,21?/m0/s1. The highest BCUT2D eigenvalue weighted by molar-refractivity contribution is 5.93. The molecule has 4 aliphatic rings. The Balaban J connectivity index is 1.83. The summed E-state index contributed by atoms with van der Waals surface area (Å²) in [5, 5.41) is 3.62. The van der Waals surface area contributed by atoms with Gasteiger partial charge in [0.05, 0.1) is 18.1 Å². The van der Waals surface area contributed by atoms with Crippen LogP contribution in [0.4, 0.5) is 5.69 Å². The molecule has 0 aromatic heterocycles. The lowest BCUT2D eigenvalue weighted by atomic mass is 9.55. The van der Waals surface area contributed by atoms with Crippen molar-refractivity contribution in [2.75, 3.05) is 25.5 Å². The molecule has 1 aromatic carbocycles. The van der Waals surface area contributed by atoms with E-state index < -0.39 is 0 Å². The molecule has 1 N–H and O–H groups in total. The van der Waals surface area contributed by atoms with Gasteiger partial charge in [0.15, 0.2) is 0 Å². The van der Waals surface area contributed by atoms with Gasteiger partial charge in [0, 0.05) is 35.9 Å². The van der Waals surface area contributed by atoms with Crippen molar-refractivity contribution in [3.8, 4) is 0 Å². The van der Waals surface area contributed by atoms with Gasteiger partial charge in [0.25, 0.3) is 0 Å². The molecule has 1 spiro atoms. The van der Waals surface area contributed by atoms with Gasteiger partial charge in [-0.2, -0.15) is 0 Å². The third-order valence-corrected chi connectivity index (χ3v) is 6.97. The summed E-state index contributed by atoms with van der Waals surface area (Å²) in [6.45, 7) is 4.34. The molecular formula is C21H24N2O2. The minimum atomic E-state index is -0.182. The SMILES string of the molecule is CC[C@@]12C=CCN3CCC4(C(=C(C(=O)OC)C1)Nc1ccccc14)[C@@H]32. The fourth-order valence-electron chi connectivity index (χ4n) is 6.02. The second kappa shape index (κ2) is 4.98. The van der Waals surface area contributed by atoms with Gasteiger partial charge in [-0.05, 0) is 30.9 Å². The number of methoxy groups -OCH3 is 1. The maximum Gasteiger partial charge on any atom is 0.335 e. The van der Waals surface area contributed by atoms with Crippen LogP contribution in [0.25, 0.3) is 0 Å². The number of ether oxygens (including phenoxy) is 1. The lowest BCUT2D eigenvalue weighted by Crippen LogP contribution is -2.58. The smallest absolute Gasteiger partial charge is 0.335 e. The predicted molar refractivity (Wildman–Crippen MR) is 97.2 cm³/mol. The Bertz CT molecular complexity index is 827.